The van der Waals surface area contributed by atoms with E-state index in [1.165, 1.54) is 0 Å². The summed E-state index contributed by atoms with van der Waals surface area (Å²) >= 11 is 13.7. The van der Waals surface area contributed by atoms with E-state index in [-0.39, 0.29) is 18.6 Å². The molecule has 21 heavy (non-hydrogen) atoms. The first kappa shape index (κ1) is 16.7. The molecule has 2 atom stereocenters. The lowest BCUT2D eigenvalue weighted by Crippen LogP contribution is -2.22. The minimum atomic E-state index is -0.306. The van der Waals surface area contributed by atoms with E-state index in [4.69, 9.17) is 28.9 Å². The summed E-state index contributed by atoms with van der Waals surface area (Å²) in [6.07, 6.45) is 2.02. The standard InChI is InChI=1S/C16H17Cl2NOS/c1-21-12-4-2-3-11(7-12)16(19)13(9-20)10-5-6-14(17)15(18)8-10/h2-8,13,16,20H,9,19H2,1H3. The number of halogens is 2. The van der Waals surface area contributed by atoms with Crippen LogP contribution in [0.15, 0.2) is 47.4 Å². The third kappa shape index (κ3) is 3.93. The Morgan fingerprint density at radius 3 is 2.48 bits per heavy atom. The number of thioether (sulfide) groups is 1. The summed E-state index contributed by atoms with van der Waals surface area (Å²) in [7, 11) is 0. The Labute approximate surface area is 139 Å². The number of aliphatic hydroxyl groups is 1. The van der Waals surface area contributed by atoms with E-state index in [0.29, 0.717) is 10.0 Å². The molecule has 3 N–H and O–H groups in total. The van der Waals surface area contributed by atoms with Crippen molar-refractivity contribution < 1.29 is 5.11 Å². The van der Waals surface area contributed by atoms with Gasteiger partial charge in [-0.25, -0.2) is 0 Å². The molecular formula is C16H17Cl2NOS. The average molecular weight is 342 g/mol. The fourth-order valence-electron chi connectivity index (χ4n) is 2.25. The Kier molecular flexibility index (Phi) is 5.97. The summed E-state index contributed by atoms with van der Waals surface area (Å²) in [4.78, 5) is 1.15. The maximum Gasteiger partial charge on any atom is 0.0595 e. The summed E-state index contributed by atoms with van der Waals surface area (Å²) in [5.41, 5.74) is 8.22. The zero-order chi connectivity index (χ0) is 15.4. The van der Waals surface area contributed by atoms with E-state index in [1.54, 1.807) is 23.9 Å². The normalized spacial score (nSPS) is 14.0. The number of aliphatic hydroxyl groups excluding tert-OH is 1. The number of hydrogen-bond acceptors (Lipinski definition) is 3. The molecule has 0 spiro atoms. The van der Waals surface area contributed by atoms with E-state index in [1.807, 2.05) is 30.5 Å². The molecular weight excluding hydrogens is 325 g/mol. The second-order valence-corrected chi connectivity index (χ2v) is 6.46. The maximum absolute atomic E-state index is 9.74. The van der Waals surface area contributed by atoms with Crippen molar-refractivity contribution in [2.24, 2.45) is 5.73 Å². The van der Waals surface area contributed by atoms with Gasteiger partial charge in [-0.2, -0.15) is 0 Å². The van der Waals surface area contributed by atoms with E-state index in [0.717, 1.165) is 16.0 Å². The van der Waals surface area contributed by atoms with Crippen molar-refractivity contribution in [3.05, 3.63) is 63.6 Å². The minimum absolute atomic E-state index is 0.0530. The highest BCUT2D eigenvalue weighted by Gasteiger charge is 2.21. The number of hydrogen-bond donors (Lipinski definition) is 2. The van der Waals surface area contributed by atoms with E-state index < -0.39 is 0 Å². The molecule has 0 amide bonds. The largest absolute Gasteiger partial charge is 0.396 e. The van der Waals surface area contributed by atoms with Crippen LogP contribution in [0.2, 0.25) is 10.0 Å². The third-order valence-electron chi connectivity index (χ3n) is 3.48. The van der Waals surface area contributed by atoms with Crippen LogP contribution in [-0.4, -0.2) is 18.0 Å². The molecule has 0 radical (unpaired) electrons. The van der Waals surface area contributed by atoms with Crippen LogP contribution in [0.1, 0.15) is 23.1 Å². The molecule has 0 fully saturated rings. The van der Waals surface area contributed by atoms with Gasteiger partial charge in [-0.3, -0.25) is 0 Å². The number of nitrogens with two attached hydrogens (primary N) is 1. The fraction of sp³-hybridized carbons (Fsp3) is 0.250. The van der Waals surface area contributed by atoms with E-state index in [9.17, 15) is 5.11 Å². The minimum Gasteiger partial charge on any atom is -0.396 e. The van der Waals surface area contributed by atoms with Crippen molar-refractivity contribution >= 4 is 35.0 Å². The van der Waals surface area contributed by atoms with Gasteiger partial charge in [-0.1, -0.05) is 41.4 Å². The molecule has 0 aliphatic rings. The Hall–Kier alpha value is -0.710. The molecule has 2 unspecified atom stereocenters. The van der Waals surface area contributed by atoms with Crippen molar-refractivity contribution in [2.75, 3.05) is 12.9 Å². The number of benzene rings is 2. The molecule has 0 saturated carbocycles. The summed E-state index contributed by atoms with van der Waals surface area (Å²) < 4.78 is 0. The third-order valence-corrected chi connectivity index (χ3v) is 4.95. The molecule has 2 rings (SSSR count). The molecule has 2 aromatic carbocycles. The zero-order valence-electron chi connectivity index (χ0n) is 11.6. The topological polar surface area (TPSA) is 46.2 Å². The summed E-state index contributed by atoms with van der Waals surface area (Å²) in [6.45, 7) is -0.0530. The monoisotopic (exact) mass is 341 g/mol. The van der Waals surface area contributed by atoms with Gasteiger partial charge in [0.05, 0.1) is 16.7 Å². The van der Waals surface area contributed by atoms with Crippen LogP contribution >= 0.6 is 35.0 Å². The lowest BCUT2D eigenvalue weighted by atomic mass is 9.88. The van der Waals surface area contributed by atoms with Crippen molar-refractivity contribution in [1.29, 1.82) is 0 Å². The molecule has 0 aliphatic heterocycles. The van der Waals surface area contributed by atoms with Gasteiger partial charge in [-0.05, 0) is 41.6 Å². The van der Waals surface area contributed by atoms with Gasteiger partial charge >= 0.3 is 0 Å². The van der Waals surface area contributed by atoms with Gasteiger partial charge in [0, 0.05) is 16.9 Å². The predicted octanol–water partition coefficient (Wildman–Crippen LogP) is 4.49. The Morgan fingerprint density at radius 2 is 1.86 bits per heavy atom. The quantitative estimate of drug-likeness (QED) is 0.787. The summed E-state index contributed by atoms with van der Waals surface area (Å²) in [5.74, 6) is -0.225. The Bertz CT molecular complexity index is 621. The van der Waals surface area contributed by atoms with Crippen molar-refractivity contribution in [1.82, 2.24) is 0 Å². The molecule has 0 bridgehead atoms. The lowest BCUT2D eigenvalue weighted by molar-refractivity contribution is 0.248. The highest BCUT2D eigenvalue weighted by molar-refractivity contribution is 7.98. The lowest BCUT2D eigenvalue weighted by Gasteiger charge is -2.23. The smallest absolute Gasteiger partial charge is 0.0595 e. The molecule has 2 aromatic rings. The van der Waals surface area contributed by atoms with Gasteiger partial charge < -0.3 is 10.8 Å². The molecule has 5 heteroatoms. The van der Waals surface area contributed by atoms with Crippen molar-refractivity contribution in [3.63, 3.8) is 0 Å². The van der Waals surface area contributed by atoms with Crippen LogP contribution in [0.3, 0.4) is 0 Å². The highest BCUT2D eigenvalue weighted by Crippen LogP contribution is 2.33. The zero-order valence-corrected chi connectivity index (χ0v) is 13.9. The van der Waals surface area contributed by atoms with E-state index >= 15 is 0 Å². The van der Waals surface area contributed by atoms with Crippen LogP contribution in [0.4, 0.5) is 0 Å². The fourth-order valence-corrected chi connectivity index (χ4v) is 3.03. The van der Waals surface area contributed by atoms with Gasteiger partial charge in [0.1, 0.15) is 0 Å². The summed E-state index contributed by atoms with van der Waals surface area (Å²) in [5, 5.41) is 10.7. The maximum atomic E-state index is 9.74. The van der Waals surface area contributed by atoms with Crippen LogP contribution in [0.5, 0.6) is 0 Å². The van der Waals surface area contributed by atoms with Crippen LogP contribution < -0.4 is 5.73 Å². The first-order chi connectivity index (χ1) is 10.1. The molecule has 2 nitrogen and oxygen atoms in total. The van der Waals surface area contributed by atoms with Crippen LogP contribution in [0, 0.1) is 0 Å². The van der Waals surface area contributed by atoms with Gasteiger partial charge in [0.25, 0.3) is 0 Å². The second-order valence-electron chi connectivity index (χ2n) is 4.77. The average Bonchev–Trinajstić information content (AvgIpc) is 2.51. The molecule has 0 aliphatic carbocycles. The predicted molar refractivity (Wildman–Crippen MR) is 91.4 cm³/mol. The van der Waals surface area contributed by atoms with Gasteiger partial charge in [0.2, 0.25) is 0 Å². The SMILES string of the molecule is CSc1cccc(C(N)C(CO)c2ccc(Cl)c(Cl)c2)c1. The van der Waals surface area contributed by atoms with Crippen LogP contribution in [-0.2, 0) is 0 Å². The van der Waals surface area contributed by atoms with E-state index in [2.05, 4.69) is 6.07 Å². The summed E-state index contributed by atoms with van der Waals surface area (Å²) in [6, 6.07) is 13.1. The first-order valence-electron chi connectivity index (χ1n) is 6.52. The molecule has 0 heterocycles. The Balaban J connectivity index is 2.32. The number of rotatable bonds is 5. The highest BCUT2D eigenvalue weighted by atomic mass is 35.5. The van der Waals surface area contributed by atoms with Crippen LogP contribution in [0.25, 0.3) is 0 Å². The molecule has 0 saturated heterocycles. The molecule has 0 aromatic heterocycles. The van der Waals surface area contributed by atoms with Crippen molar-refractivity contribution in [2.45, 2.75) is 16.9 Å². The Morgan fingerprint density at radius 1 is 1.10 bits per heavy atom. The second kappa shape index (κ2) is 7.52. The van der Waals surface area contributed by atoms with Gasteiger partial charge in [-0.15, -0.1) is 11.8 Å². The van der Waals surface area contributed by atoms with Gasteiger partial charge in [0.15, 0.2) is 0 Å². The molecule has 112 valence electrons. The van der Waals surface area contributed by atoms with Crippen molar-refractivity contribution in [3.8, 4) is 0 Å². The first-order valence-corrected chi connectivity index (χ1v) is 8.50.